The maximum Gasteiger partial charge on any atom is 0.328 e. The van der Waals surface area contributed by atoms with Crippen molar-refractivity contribution in [1.82, 2.24) is 29.9 Å². The van der Waals surface area contributed by atoms with Gasteiger partial charge in [0.05, 0.1) is 37.1 Å². The summed E-state index contributed by atoms with van der Waals surface area (Å²) in [5, 5.41) is 11.4. The highest BCUT2D eigenvalue weighted by Gasteiger charge is 2.27. The zero-order valence-electron chi connectivity index (χ0n) is 22.5. The Hall–Kier alpha value is -4.02. The lowest BCUT2D eigenvalue weighted by molar-refractivity contribution is -0.145. The second-order valence-corrected chi connectivity index (χ2v) is 10.9. The standard InChI is InChI=1S/C29H28Cl2N6O4/c1-17-5-3-8-24(19-7-4-6-18(11-19)12-23(29(40)41-2)33-28(17)39)36-16-32-22(14-27(36)38)21-13-20(30)9-10-25(21)37-15-26(31)34-35-37/h4,6-7,9-11,13-17,23-24H,3,5,8,12H2,1-2H3,(H,33,39)/t17-,23-,24+/m1/s1. The van der Waals surface area contributed by atoms with Gasteiger partial charge in [0.25, 0.3) is 5.56 Å². The molecule has 2 aromatic heterocycles. The summed E-state index contributed by atoms with van der Waals surface area (Å²) in [6.07, 6.45) is 5.23. The van der Waals surface area contributed by atoms with Crippen LogP contribution in [0.3, 0.4) is 0 Å². The van der Waals surface area contributed by atoms with Gasteiger partial charge >= 0.3 is 5.97 Å². The number of carbonyl (C=O) groups is 2. The Morgan fingerprint density at radius 3 is 2.66 bits per heavy atom. The molecular weight excluding hydrogens is 567 g/mol. The first-order chi connectivity index (χ1) is 19.7. The highest BCUT2D eigenvalue weighted by atomic mass is 35.5. The van der Waals surface area contributed by atoms with E-state index in [-0.39, 0.29) is 35.0 Å². The number of nitrogens with zero attached hydrogens (tertiary/aromatic N) is 5. The van der Waals surface area contributed by atoms with Crippen molar-refractivity contribution in [3.8, 4) is 16.9 Å². The lowest BCUT2D eigenvalue weighted by atomic mass is 9.93. The summed E-state index contributed by atoms with van der Waals surface area (Å²) in [5.74, 6) is -1.03. The fourth-order valence-electron chi connectivity index (χ4n) is 5.09. The molecule has 0 radical (unpaired) electrons. The molecule has 1 aliphatic heterocycles. The molecule has 1 N–H and O–H groups in total. The fourth-order valence-corrected chi connectivity index (χ4v) is 5.39. The maximum absolute atomic E-state index is 13.6. The Morgan fingerprint density at radius 2 is 1.93 bits per heavy atom. The smallest absolute Gasteiger partial charge is 0.328 e. The van der Waals surface area contributed by atoms with E-state index >= 15 is 0 Å². The van der Waals surface area contributed by atoms with E-state index in [1.165, 1.54) is 24.2 Å². The number of hydrogen-bond donors (Lipinski definition) is 1. The number of aromatic nitrogens is 5. The molecule has 212 valence electrons. The predicted molar refractivity (Wildman–Crippen MR) is 154 cm³/mol. The van der Waals surface area contributed by atoms with E-state index in [2.05, 4.69) is 20.6 Å². The molecule has 12 heteroatoms. The number of ether oxygens (including phenoxy) is 1. The summed E-state index contributed by atoms with van der Waals surface area (Å²) >= 11 is 12.3. The van der Waals surface area contributed by atoms with Crippen molar-refractivity contribution in [2.75, 3.05) is 7.11 Å². The van der Waals surface area contributed by atoms with Gasteiger partial charge < -0.3 is 10.1 Å². The molecule has 0 spiro atoms. The van der Waals surface area contributed by atoms with Gasteiger partial charge in [-0.2, -0.15) is 0 Å². The Balaban J connectivity index is 1.54. The molecule has 41 heavy (non-hydrogen) atoms. The largest absolute Gasteiger partial charge is 0.467 e. The number of benzene rings is 2. The number of hydrogen-bond acceptors (Lipinski definition) is 7. The maximum atomic E-state index is 13.6. The first-order valence-corrected chi connectivity index (χ1v) is 13.9. The van der Waals surface area contributed by atoms with Crippen LogP contribution in [0.25, 0.3) is 16.9 Å². The molecule has 2 aromatic carbocycles. The molecule has 0 saturated carbocycles. The van der Waals surface area contributed by atoms with Crippen LogP contribution in [0.5, 0.6) is 0 Å². The average molecular weight is 595 g/mol. The minimum Gasteiger partial charge on any atom is -0.467 e. The molecule has 0 unspecified atom stereocenters. The number of rotatable bonds is 4. The monoisotopic (exact) mass is 594 g/mol. The van der Waals surface area contributed by atoms with Gasteiger partial charge in [-0.05, 0) is 42.2 Å². The normalized spacial score (nSPS) is 19.5. The summed E-state index contributed by atoms with van der Waals surface area (Å²) in [5.41, 5.74) is 3.12. The van der Waals surface area contributed by atoms with Gasteiger partial charge in [-0.1, -0.05) is 66.0 Å². The van der Waals surface area contributed by atoms with Crippen LogP contribution >= 0.6 is 23.2 Å². The Bertz CT molecular complexity index is 1650. The zero-order chi connectivity index (χ0) is 29.1. The summed E-state index contributed by atoms with van der Waals surface area (Å²) in [4.78, 5) is 43.5. The molecule has 3 heterocycles. The van der Waals surface area contributed by atoms with Gasteiger partial charge in [0, 0.05) is 29.0 Å². The first-order valence-electron chi connectivity index (χ1n) is 13.2. The number of halogens is 2. The van der Waals surface area contributed by atoms with Gasteiger partial charge in [-0.15, -0.1) is 5.10 Å². The van der Waals surface area contributed by atoms with Crippen molar-refractivity contribution in [2.24, 2.45) is 5.92 Å². The Kier molecular flexibility index (Phi) is 8.51. The van der Waals surface area contributed by atoms with Crippen LogP contribution in [0.1, 0.15) is 43.4 Å². The van der Waals surface area contributed by atoms with Crippen molar-refractivity contribution in [3.05, 3.63) is 92.7 Å². The number of carbonyl (C=O) groups excluding carboxylic acids is 2. The van der Waals surface area contributed by atoms with Crippen molar-refractivity contribution in [2.45, 2.75) is 44.7 Å². The van der Waals surface area contributed by atoms with E-state index in [0.29, 0.717) is 41.2 Å². The minimum atomic E-state index is -0.807. The SMILES string of the molecule is COC(=O)[C@H]1Cc2cccc(c2)[C@@H](n2cnc(-c3cc(Cl)ccc3-n3cc(Cl)nn3)cc2=O)CCC[C@@H](C)C(=O)N1. The second-order valence-electron chi connectivity index (χ2n) is 10.0. The molecule has 10 nitrogen and oxygen atoms in total. The van der Waals surface area contributed by atoms with E-state index < -0.39 is 12.0 Å². The van der Waals surface area contributed by atoms with Crippen molar-refractivity contribution in [3.63, 3.8) is 0 Å². The Morgan fingerprint density at radius 1 is 1.10 bits per heavy atom. The molecule has 1 aliphatic rings. The highest BCUT2D eigenvalue weighted by Crippen LogP contribution is 2.30. The third kappa shape index (κ3) is 6.34. The van der Waals surface area contributed by atoms with E-state index in [1.54, 1.807) is 29.0 Å². The van der Waals surface area contributed by atoms with Crippen molar-refractivity contribution in [1.29, 1.82) is 0 Å². The topological polar surface area (TPSA) is 121 Å². The molecule has 0 saturated heterocycles. The van der Waals surface area contributed by atoms with Crippen LogP contribution in [0.15, 0.2) is 65.8 Å². The number of amides is 1. The minimum absolute atomic E-state index is 0.206. The number of fused-ring (bicyclic) bond motifs is 2. The first kappa shape index (κ1) is 28.5. The van der Waals surface area contributed by atoms with Gasteiger partial charge in [-0.3, -0.25) is 14.2 Å². The molecule has 1 amide bonds. The van der Waals surface area contributed by atoms with Crippen molar-refractivity contribution >= 4 is 35.1 Å². The molecule has 3 atom stereocenters. The van der Waals surface area contributed by atoms with Crippen LogP contribution in [0.4, 0.5) is 0 Å². The predicted octanol–water partition coefficient (Wildman–Crippen LogP) is 4.41. The summed E-state index contributed by atoms with van der Waals surface area (Å²) in [6.45, 7) is 1.83. The molecule has 0 aliphatic carbocycles. The van der Waals surface area contributed by atoms with Gasteiger partial charge in [0.15, 0.2) is 5.15 Å². The van der Waals surface area contributed by atoms with Gasteiger partial charge in [0.2, 0.25) is 5.91 Å². The number of methoxy groups -OCH3 is 1. The lowest BCUT2D eigenvalue weighted by Gasteiger charge is -2.24. The lowest BCUT2D eigenvalue weighted by Crippen LogP contribution is -2.45. The van der Waals surface area contributed by atoms with Gasteiger partial charge in [-0.25, -0.2) is 14.5 Å². The number of esters is 1. The average Bonchev–Trinajstić information content (AvgIpc) is 3.40. The van der Waals surface area contributed by atoms with Crippen LogP contribution in [0, 0.1) is 5.92 Å². The van der Waals surface area contributed by atoms with Crippen LogP contribution in [0.2, 0.25) is 10.2 Å². The summed E-state index contributed by atoms with van der Waals surface area (Å²) < 4.78 is 8.04. The molecule has 0 fully saturated rings. The Labute approximate surface area is 246 Å². The highest BCUT2D eigenvalue weighted by molar-refractivity contribution is 6.31. The molecule has 2 bridgehead atoms. The zero-order valence-corrected chi connectivity index (χ0v) is 24.0. The summed E-state index contributed by atoms with van der Waals surface area (Å²) in [6, 6.07) is 13.2. The van der Waals surface area contributed by atoms with E-state index in [4.69, 9.17) is 27.9 Å². The number of nitrogens with one attached hydrogen (secondary N) is 1. The molecule has 5 rings (SSSR count). The third-order valence-electron chi connectivity index (χ3n) is 7.26. The summed E-state index contributed by atoms with van der Waals surface area (Å²) in [7, 11) is 1.30. The van der Waals surface area contributed by atoms with E-state index in [9.17, 15) is 14.4 Å². The van der Waals surface area contributed by atoms with Crippen molar-refractivity contribution < 1.29 is 14.3 Å². The van der Waals surface area contributed by atoms with E-state index in [1.807, 2.05) is 31.2 Å². The van der Waals surface area contributed by atoms with Crippen LogP contribution in [-0.4, -0.2) is 49.6 Å². The van der Waals surface area contributed by atoms with Crippen LogP contribution < -0.4 is 10.9 Å². The quantitative estimate of drug-likeness (QED) is 0.347. The van der Waals surface area contributed by atoms with E-state index in [0.717, 1.165) is 11.1 Å². The second kappa shape index (κ2) is 12.2. The third-order valence-corrected chi connectivity index (χ3v) is 7.67. The van der Waals surface area contributed by atoms with Gasteiger partial charge in [0.1, 0.15) is 6.04 Å². The molecule has 4 aromatic rings. The molecular formula is C29H28Cl2N6O4. The fraction of sp³-hybridized carbons (Fsp3) is 0.310. The van der Waals surface area contributed by atoms with Crippen LogP contribution in [-0.2, 0) is 20.7 Å².